The second kappa shape index (κ2) is 12.4. The summed E-state index contributed by atoms with van der Waals surface area (Å²) in [5, 5.41) is 1.71. The summed E-state index contributed by atoms with van der Waals surface area (Å²) in [4.78, 5) is 30.5. The number of carbonyl (C=O) groups is 1. The van der Waals surface area contributed by atoms with Crippen molar-refractivity contribution >= 4 is 49.8 Å². The Morgan fingerprint density at radius 2 is 1.93 bits per heavy atom. The van der Waals surface area contributed by atoms with Crippen LogP contribution in [0.1, 0.15) is 18.4 Å². The van der Waals surface area contributed by atoms with Crippen molar-refractivity contribution in [3.63, 3.8) is 0 Å². The Morgan fingerprint density at radius 3 is 2.64 bits per heavy atom. The fourth-order valence-corrected chi connectivity index (χ4v) is 8.38. The van der Waals surface area contributed by atoms with Crippen LogP contribution in [-0.4, -0.2) is 99.1 Å². The average molecular weight is 654 g/mol. The van der Waals surface area contributed by atoms with E-state index in [0.29, 0.717) is 40.5 Å². The molecule has 0 bridgehead atoms. The normalized spacial score (nSPS) is 21.4. The molecule has 1 amide bonds. The first-order chi connectivity index (χ1) is 21.6. The fourth-order valence-electron chi connectivity index (χ4n) is 6.46. The van der Waals surface area contributed by atoms with Crippen molar-refractivity contribution in [2.24, 2.45) is 0 Å². The summed E-state index contributed by atoms with van der Waals surface area (Å²) in [6.07, 6.45) is 2.27. The van der Waals surface area contributed by atoms with Crippen LogP contribution in [0.3, 0.4) is 0 Å². The monoisotopic (exact) mass is 653 g/mol. The Labute approximate surface area is 266 Å². The second-order valence-electron chi connectivity index (χ2n) is 11.5. The quantitative estimate of drug-likeness (QED) is 0.215. The van der Waals surface area contributed by atoms with Crippen LogP contribution in [0.2, 0.25) is 5.02 Å². The van der Waals surface area contributed by atoms with Crippen LogP contribution >= 0.6 is 11.6 Å². The van der Waals surface area contributed by atoms with Crippen LogP contribution in [0.25, 0.3) is 15.6 Å². The Morgan fingerprint density at radius 1 is 1.16 bits per heavy atom. The number of likely N-dealkylation sites (tertiary alicyclic amines) is 1. The minimum Gasteiger partial charge on any atom is -0.462 e. The zero-order chi connectivity index (χ0) is 31.9. The lowest BCUT2D eigenvalue weighted by Gasteiger charge is -2.41. The Kier molecular flexibility index (Phi) is 8.56. The molecule has 3 aromatic rings. The maximum atomic E-state index is 14.4. The number of benzene rings is 2. The zero-order valence-corrected chi connectivity index (χ0v) is 26.4. The first-order valence-electron chi connectivity index (χ1n) is 14.8. The van der Waals surface area contributed by atoms with Gasteiger partial charge in [-0.25, -0.2) is 11.0 Å². The van der Waals surface area contributed by atoms with Crippen LogP contribution in [0, 0.1) is 6.57 Å². The molecular formula is C31H33ClFN7O4S. The highest BCUT2D eigenvalue weighted by Gasteiger charge is 2.41. The summed E-state index contributed by atoms with van der Waals surface area (Å²) >= 11 is 6.58. The second-order valence-corrected chi connectivity index (χ2v) is 13.7. The molecular weight excluding hydrogens is 621 g/mol. The number of rotatable bonds is 7. The lowest BCUT2D eigenvalue weighted by Crippen LogP contribution is -2.57. The van der Waals surface area contributed by atoms with Crippen molar-refractivity contribution in [1.82, 2.24) is 19.8 Å². The lowest BCUT2D eigenvalue weighted by molar-refractivity contribution is -0.131. The number of hydrogen-bond acceptors (Lipinski definition) is 8. The highest BCUT2D eigenvalue weighted by atomic mass is 35.5. The first-order valence-corrected chi connectivity index (χ1v) is 16.6. The van der Waals surface area contributed by atoms with Gasteiger partial charge in [0.15, 0.2) is 10.9 Å². The Hall–Kier alpha value is -3.99. The molecule has 2 saturated heterocycles. The standard InChI is InChI=1S/C31H33ClFN7O4S/c1-20(33)30(41)39-16-15-38(18-23(39)17-34-2)28-24-12-14-40(26-11-5-8-21-7-4-10-25(32)27(21)26)45(42,43)29(24)36-31(35-28)44-19-22-9-6-13-37(22)3/h4-5,7-8,10-11,22-23H,1,6,9,12-19H2,3H3/t22-,23-/m0/s1. The number of sulfonamides is 1. The predicted molar refractivity (Wildman–Crippen MR) is 170 cm³/mol. The Bertz CT molecular complexity index is 1810. The molecule has 0 unspecified atom stereocenters. The fraction of sp³-hybridized carbons (Fsp3) is 0.419. The van der Waals surface area contributed by atoms with Gasteiger partial charge in [-0.3, -0.25) is 9.10 Å². The van der Waals surface area contributed by atoms with Crippen molar-refractivity contribution in [3.05, 3.63) is 70.8 Å². The predicted octanol–water partition coefficient (Wildman–Crippen LogP) is 3.93. The number of amides is 1. The van der Waals surface area contributed by atoms with E-state index >= 15 is 0 Å². The van der Waals surface area contributed by atoms with Crippen molar-refractivity contribution in [3.8, 4) is 6.01 Å². The summed E-state index contributed by atoms with van der Waals surface area (Å²) in [5.74, 6) is -1.58. The summed E-state index contributed by atoms with van der Waals surface area (Å²) < 4.78 is 50.0. The molecule has 2 aromatic carbocycles. The van der Waals surface area contributed by atoms with Crippen molar-refractivity contribution in [1.29, 1.82) is 0 Å². The number of halogens is 2. The number of fused-ring (bicyclic) bond motifs is 2. The van der Waals surface area contributed by atoms with Gasteiger partial charge in [-0.15, -0.1) is 0 Å². The van der Waals surface area contributed by atoms with Gasteiger partial charge in [-0.2, -0.15) is 18.4 Å². The van der Waals surface area contributed by atoms with Gasteiger partial charge < -0.3 is 24.3 Å². The van der Waals surface area contributed by atoms with Gasteiger partial charge in [0.1, 0.15) is 18.5 Å². The van der Waals surface area contributed by atoms with Crippen molar-refractivity contribution < 1.29 is 22.3 Å². The SMILES string of the molecule is [C-]#[N+]C[C@H]1CN(c2nc(OC[C@@H]3CCCN3C)nc3c2CCN(c2cccc4cccc(Cl)c24)S3(=O)=O)CCN1C(=O)C(=C)F. The van der Waals surface area contributed by atoms with Gasteiger partial charge in [0.25, 0.3) is 15.9 Å². The van der Waals surface area contributed by atoms with Crippen LogP contribution in [-0.2, 0) is 21.2 Å². The summed E-state index contributed by atoms with van der Waals surface area (Å²) in [5.41, 5.74) is 0.883. The number of nitrogens with zero attached hydrogens (tertiary/aromatic N) is 7. The van der Waals surface area contributed by atoms with Crippen LogP contribution in [0.5, 0.6) is 6.01 Å². The van der Waals surface area contributed by atoms with Crippen LogP contribution in [0.4, 0.5) is 15.9 Å². The molecule has 45 heavy (non-hydrogen) atoms. The number of likely N-dealkylation sites (N-methyl/N-ethyl adjacent to an activating group) is 1. The van der Waals surface area contributed by atoms with Crippen LogP contribution < -0.4 is 13.9 Å². The molecule has 0 aliphatic carbocycles. The largest absolute Gasteiger partial charge is 0.462 e. The molecule has 6 rings (SSSR count). The lowest BCUT2D eigenvalue weighted by atomic mass is 10.1. The van der Waals surface area contributed by atoms with Gasteiger partial charge in [-0.1, -0.05) is 42.4 Å². The van der Waals surface area contributed by atoms with E-state index < -0.39 is 27.8 Å². The molecule has 4 heterocycles. The average Bonchev–Trinajstić information content (AvgIpc) is 3.44. The molecule has 0 N–H and O–H groups in total. The molecule has 3 aliphatic rings. The number of ether oxygens (including phenoxy) is 1. The number of aromatic nitrogens is 2. The molecule has 236 valence electrons. The number of piperazine rings is 1. The van der Waals surface area contributed by atoms with E-state index in [1.54, 1.807) is 18.2 Å². The molecule has 0 saturated carbocycles. The molecule has 2 fully saturated rings. The van der Waals surface area contributed by atoms with Crippen LogP contribution in [0.15, 0.2) is 53.8 Å². The maximum Gasteiger partial charge on any atom is 0.319 e. The number of carbonyl (C=O) groups excluding carboxylic acids is 1. The highest BCUT2D eigenvalue weighted by Crippen LogP contribution is 2.40. The summed E-state index contributed by atoms with van der Waals surface area (Å²) in [6, 6.07) is 10.3. The van der Waals surface area contributed by atoms with Gasteiger partial charge in [0, 0.05) is 43.2 Å². The third-order valence-electron chi connectivity index (χ3n) is 8.78. The molecule has 14 heteroatoms. The van der Waals surface area contributed by atoms with Crippen molar-refractivity contribution in [2.45, 2.75) is 36.4 Å². The molecule has 2 atom stereocenters. The summed E-state index contributed by atoms with van der Waals surface area (Å²) in [7, 11) is -2.19. The number of hydrogen-bond donors (Lipinski definition) is 0. The van der Waals surface area contributed by atoms with E-state index in [9.17, 15) is 17.6 Å². The minimum atomic E-state index is -4.20. The third-order valence-corrected chi connectivity index (χ3v) is 10.9. The third kappa shape index (κ3) is 5.78. The molecule has 0 spiro atoms. The van der Waals surface area contributed by atoms with Gasteiger partial charge in [0.05, 0.1) is 10.7 Å². The molecule has 11 nitrogen and oxygen atoms in total. The van der Waals surface area contributed by atoms with E-state index in [4.69, 9.17) is 27.9 Å². The van der Waals surface area contributed by atoms with E-state index in [0.717, 1.165) is 24.8 Å². The first kappa shape index (κ1) is 31.0. The highest BCUT2D eigenvalue weighted by molar-refractivity contribution is 7.92. The maximum absolute atomic E-state index is 14.4. The van der Waals surface area contributed by atoms with E-state index in [1.807, 2.05) is 30.1 Å². The number of anilines is 2. The van der Waals surface area contributed by atoms with Gasteiger partial charge >= 0.3 is 6.01 Å². The van der Waals surface area contributed by atoms with Gasteiger partial charge in [0.2, 0.25) is 6.54 Å². The van der Waals surface area contributed by atoms with Gasteiger partial charge in [-0.05, 0) is 50.4 Å². The molecule has 1 aromatic heterocycles. The molecule has 0 radical (unpaired) electrons. The zero-order valence-electron chi connectivity index (χ0n) is 24.8. The van der Waals surface area contributed by atoms with Crippen molar-refractivity contribution in [2.75, 3.05) is 62.1 Å². The Balaban J connectivity index is 1.42. The minimum absolute atomic E-state index is 0.0614. The topological polar surface area (TPSA) is 104 Å². The van der Waals surface area contributed by atoms with E-state index in [-0.39, 0.29) is 49.8 Å². The molecule has 3 aliphatic heterocycles. The summed E-state index contributed by atoms with van der Waals surface area (Å²) in [6.45, 7) is 12.3. The van der Waals surface area contributed by atoms with E-state index in [1.165, 1.54) is 9.21 Å². The van der Waals surface area contributed by atoms with E-state index in [2.05, 4.69) is 21.3 Å². The smallest absolute Gasteiger partial charge is 0.319 e.